The molecule has 0 amide bonds. The molecule has 0 saturated heterocycles. The molecule has 4 nitrogen and oxygen atoms in total. The Morgan fingerprint density at radius 2 is 0.789 bits per heavy atom. The number of carbonyl (C=O) groups excluding carboxylic acids is 2. The third-order valence-corrected chi connectivity index (χ3v) is 12.0. The van der Waals surface area contributed by atoms with Crippen LogP contribution in [0.25, 0.3) is 11.1 Å². The summed E-state index contributed by atoms with van der Waals surface area (Å²) in [5, 5.41) is 0. The van der Waals surface area contributed by atoms with Gasteiger partial charge in [-0.1, -0.05) is 0 Å². The number of rotatable bonds is 7. The number of Topliss-reactive ketones (excluding diaryl/α,β-unsaturated/α-hetero) is 2. The molecule has 8 saturated carbocycles. The standard InChI is InChI=1S/C34H42N2O2/c37-31(33-15-23-9-24(16-33)11-25(10-23)17-33)21-35-5-1-29(2-6-35)30-3-7-36(8-4-30)22-32(38)34-18-26-12-27(19-34)14-28(13-26)20-34/h1-8,23-28H,9-22H2/q+2. The fourth-order valence-corrected chi connectivity index (χ4v) is 11.1. The zero-order valence-electron chi connectivity index (χ0n) is 22.7. The van der Waals surface area contributed by atoms with E-state index in [1.807, 2.05) is 0 Å². The van der Waals surface area contributed by atoms with Crippen molar-refractivity contribution >= 4 is 11.6 Å². The molecular formula is C34H42N2O2+2. The molecule has 2 aromatic rings. The number of carbonyl (C=O) groups is 2. The molecule has 4 heteroatoms. The highest BCUT2D eigenvalue weighted by Crippen LogP contribution is 2.61. The first-order chi connectivity index (χ1) is 18.4. The topological polar surface area (TPSA) is 41.9 Å². The number of ketones is 2. The first-order valence-corrected chi connectivity index (χ1v) is 15.5. The van der Waals surface area contributed by atoms with Gasteiger partial charge in [0.1, 0.15) is 0 Å². The molecule has 0 atom stereocenters. The maximum absolute atomic E-state index is 13.5. The lowest BCUT2D eigenvalue weighted by Crippen LogP contribution is -2.53. The van der Waals surface area contributed by atoms with Crippen molar-refractivity contribution in [2.75, 3.05) is 0 Å². The highest BCUT2D eigenvalue weighted by atomic mass is 16.1. The molecular weight excluding hydrogens is 468 g/mol. The summed E-state index contributed by atoms with van der Waals surface area (Å²) in [5.41, 5.74) is 2.26. The Morgan fingerprint density at radius 1 is 0.526 bits per heavy atom. The Kier molecular flexibility index (Phi) is 5.30. The third-order valence-electron chi connectivity index (χ3n) is 12.0. The van der Waals surface area contributed by atoms with E-state index in [4.69, 9.17) is 0 Å². The van der Waals surface area contributed by atoms with Crippen LogP contribution in [0.15, 0.2) is 49.1 Å². The van der Waals surface area contributed by atoms with E-state index in [2.05, 4.69) is 58.2 Å². The fourth-order valence-electron chi connectivity index (χ4n) is 11.1. The minimum absolute atomic E-state index is 0.0267. The van der Waals surface area contributed by atoms with Gasteiger partial charge in [0, 0.05) is 35.1 Å². The van der Waals surface area contributed by atoms with Gasteiger partial charge >= 0.3 is 0 Å². The van der Waals surface area contributed by atoms with E-state index in [9.17, 15) is 9.59 Å². The van der Waals surface area contributed by atoms with Crippen LogP contribution >= 0.6 is 0 Å². The lowest BCUT2D eigenvalue weighted by Gasteiger charge is -2.55. The fraction of sp³-hybridized carbons (Fsp3) is 0.647. The Morgan fingerprint density at radius 3 is 1.05 bits per heavy atom. The number of aromatic nitrogens is 2. The third kappa shape index (κ3) is 3.92. The molecule has 0 spiro atoms. The second-order valence-electron chi connectivity index (χ2n) is 14.8. The van der Waals surface area contributed by atoms with Gasteiger partial charge in [0.05, 0.1) is 0 Å². The van der Waals surface area contributed by atoms with Crippen molar-refractivity contribution < 1.29 is 18.7 Å². The summed E-state index contributed by atoms with van der Waals surface area (Å²) in [6.45, 7) is 1.02. The van der Waals surface area contributed by atoms with E-state index in [0.29, 0.717) is 24.7 Å². The van der Waals surface area contributed by atoms with Gasteiger partial charge in [-0.25, -0.2) is 0 Å². The molecule has 0 radical (unpaired) electrons. The van der Waals surface area contributed by atoms with Crippen molar-refractivity contribution in [1.29, 1.82) is 0 Å². The van der Waals surface area contributed by atoms with Crippen molar-refractivity contribution in [2.24, 2.45) is 46.3 Å². The molecule has 0 N–H and O–H groups in total. The Bertz CT molecular complexity index is 1090. The lowest BCUT2D eigenvalue weighted by atomic mass is 9.48. The van der Waals surface area contributed by atoms with E-state index in [-0.39, 0.29) is 10.8 Å². The summed E-state index contributed by atoms with van der Waals surface area (Å²) < 4.78 is 4.16. The predicted octanol–water partition coefficient (Wildman–Crippen LogP) is 5.50. The molecule has 0 aromatic carbocycles. The van der Waals surface area contributed by atoms with E-state index in [1.54, 1.807) is 0 Å². The van der Waals surface area contributed by atoms with E-state index in [0.717, 1.165) is 85.2 Å². The predicted molar refractivity (Wildman–Crippen MR) is 143 cm³/mol. The first-order valence-electron chi connectivity index (χ1n) is 15.5. The van der Waals surface area contributed by atoms with Gasteiger partial charge in [-0.15, -0.1) is 0 Å². The summed E-state index contributed by atoms with van der Waals surface area (Å²) in [6.07, 6.45) is 23.4. The van der Waals surface area contributed by atoms with Crippen molar-refractivity contribution in [3.63, 3.8) is 0 Å². The summed E-state index contributed by atoms with van der Waals surface area (Å²) in [6, 6.07) is 8.53. The quantitative estimate of drug-likeness (QED) is 0.462. The maximum atomic E-state index is 13.5. The van der Waals surface area contributed by atoms with Crippen LogP contribution in [0.1, 0.15) is 77.0 Å². The molecule has 2 aromatic heterocycles. The summed E-state index contributed by atoms with van der Waals surface area (Å²) in [7, 11) is 0. The molecule has 0 aliphatic heterocycles. The SMILES string of the molecule is O=C(C[n+]1ccc(-c2cc[n+](CC(=O)C34CC5CC(CC(C5)C3)C4)cc2)cc1)C12CC3CC(CC(C3)C1)C2. The van der Waals surface area contributed by atoms with E-state index in [1.165, 1.54) is 38.5 Å². The van der Waals surface area contributed by atoms with Crippen LogP contribution in [0.2, 0.25) is 0 Å². The second kappa shape index (κ2) is 8.57. The van der Waals surface area contributed by atoms with Crippen LogP contribution in [0.5, 0.6) is 0 Å². The molecule has 8 bridgehead atoms. The van der Waals surface area contributed by atoms with Gasteiger partial charge in [-0.3, -0.25) is 9.59 Å². The van der Waals surface area contributed by atoms with Crippen molar-refractivity contribution in [3.8, 4) is 11.1 Å². The van der Waals surface area contributed by atoms with E-state index >= 15 is 0 Å². The average Bonchev–Trinajstić information content (AvgIpc) is 2.88. The minimum Gasteiger partial charge on any atom is -0.292 e. The van der Waals surface area contributed by atoms with Gasteiger partial charge in [-0.05, 0) is 124 Å². The smallest absolute Gasteiger partial charge is 0.207 e. The maximum Gasteiger partial charge on any atom is 0.207 e. The van der Waals surface area contributed by atoms with Crippen LogP contribution in [0.3, 0.4) is 0 Å². The molecule has 2 heterocycles. The van der Waals surface area contributed by atoms with Gasteiger partial charge in [0.2, 0.25) is 24.7 Å². The molecule has 8 aliphatic rings. The van der Waals surface area contributed by atoms with Crippen LogP contribution in [-0.4, -0.2) is 11.6 Å². The normalized spacial score (nSPS) is 40.0. The van der Waals surface area contributed by atoms with Crippen LogP contribution in [0.4, 0.5) is 0 Å². The van der Waals surface area contributed by atoms with Gasteiger partial charge in [0.25, 0.3) is 0 Å². The number of pyridine rings is 2. The number of nitrogens with zero attached hydrogens (tertiary/aromatic N) is 2. The molecule has 8 aliphatic carbocycles. The molecule has 8 fully saturated rings. The van der Waals surface area contributed by atoms with Crippen LogP contribution in [-0.2, 0) is 22.7 Å². The zero-order chi connectivity index (χ0) is 25.5. The highest BCUT2D eigenvalue weighted by molar-refractivity contribution is 5.84. The van der Waals surface area contributed by atoms with E-state index < -0.39 is 0 Å². The van der Waals surface area contributed by atoms with Crippen molar-refractivity contribution in [3.05, 3.63) is 49.1 Å². The first kappa shape index (κ1) is 23.5. The van der Waals surface area contributed by atoms with Gasteiger partial charge in [0.15, 0.2) is 24.8 Å². The Balaban J connectivity index is 0.919. The van der Waals surface area contributed by atoms with Gasteiger partial charge in [-0.2, -0.15) is 9.13 Å². The Labute approximate surface area is 226 Å². The molecule has 198 valence electrons. The summed E-state index contributed by atoms with van der Waals surface area (Å²) in [5.74, 6) is 5.78. The molecule has 38 heavy (non-hydrogen) atoms. The average molecular weight is 511 g/mol. The molecule has 0 unspecified atom stereocenters. The van der Waals surface area contributed by atoms with Crippen molar-refractivity contribution in [2.45, 2.75) is 90.1 Å². The van der Waals surface area contributed by atoms with Gasteiger partial charge < -0.3 is 0 Å². The number of hydrogen-bond acceptors (Lipinski definition) is 2. The Hall–Kier alpha value is -2.36. The molecule has 10 rings (SSSR count). The zero-order valence-corrected chi connectivity index (χ0v) is 22.7. The minimum atomic E-state index is -0.0267. The largest absolute Gasteiger partial charge is 0.292 e. The van der Waals surface area contributed by atoms with Crippen molar-refractivity contribution in [1.82, 2.24) is 0 Å². The van der Waals surface area contributed by atoms with Crippen LogP contribution in [0, 0.1) is 46.3 Å². The second-order valence-corrected chi connectivity index (χ2v) is 14.8. The van der Waals surface area contributed by atoms with Crippen LogP contribution < -0.4 is 9.13 Å². The summed E-state index contributed by atoms with van der Waals surface area (Å²) in [4.78, 5) is 27.0. The monoisotopic (exact) mass is 510 g/mol. The summed E-state index contributed by atoms with van der Waals surface area (Å²) >= 11 is 0. The highest BCUT2D eigenvalue weighted by Gasteiger charge is 2.56. The number of hydrogen-bond donors (Lipinski definition) is 0. The lowest BCUT2D eigenvalue weighted by molar-refractivity contribution is -0.685.